The van der Waals surface area contributed by atoms with Crippen LogP contribution in [0.4, 0.5) is 0 Å². The fourth-order valence-electron chi connectivity index (χ4n) is 1.87. The Morgan fingerprint density at radius 3 is 3.05 bits per heavy atom. The van der Waals surface area contributed by atoms with E-state index in [2.05, 4.69) is 22.0 Å². The first-order valence-corrected chi connectivity index (χ1v) is 6.25. The Morgan fingerprint density at radius 2 is 2.32 bits per heavy atom. The van der Waals surface area contributed by atoms with Gasteiger partial charge in [0.2, 0.25) is 11.7 Å². The van der Waals surface area contributed by atoms with Gasteiger partial charge in [0.15, 0.2) is 0 Å². The van der Waals surface area contributed by atoms with E-state index < -0.39 is 0 Å². The van der Waals surface area contributed by atoms with Crippen LogP contribution in [0.3, 0.4) is 0 Å². The Morgan fingerprint density at radius 1 is 1.47 bits per heavy atom. The summed E-state index contributed by atoms with van der Waals surface area (Å²) in [5, 5.41) is 4.00. The molecule has 6 nitrogen and oxygen atoms in total. The number of pyridine rings is 1. The zero-order valence-corrected chi connectivity index (χ0v) is 11.2. The molecule has 2 rings (SSSR count). The zero-order valence-electron chi connectivity index (χ0n) is 11.2. The molecule has 1 atom stereocenters. The summed E-state index contributed by atoms with van der Waals surface area (Å²) in [5.74, 6) is 1.11. The number of nitrogens with zero attached hydrogens (tertiary/aromatic N) is 3. The van der Waals surface area contributed by atoms with Gasteiger partial charge in [-0.15, -0.1) is 0 Å². The van der Waals surface area contributed by atoms with Crippen molar-refractivity contribution in [2.75, 3.05) is 13.7 Å². The summed E-state index contributed by atoms with van der Waals surface area (Å²) in [7, 11) is 1.61. The number of hydrogen-bond donors (Lipinski definition) is 1. The Balaban J connectivity index is 2.16. The number of rotatable bonds is 6. The smallest absolute Gasteiger partial charge is 0.228 e. The molecule has 0 saturated heterocycles. The van der Waals surface area contributed by atoms with Crippen molar-refractivity contribution in [2.24, 2.45) is 5.73 Å². The van der Waals surface area contributed by atoms with Crippen molar-refractivity contribution in [1.82, 2.24) is 15.1 Å². The average molecular weight is 262 g/mol. The van der Waals surface area contributed by atoms with Crippen molar-refractivity contribution < 1.29 is 9.26 Å². The first-order chi connectivity index (χ1) is 9.24. The summed E-state index contributed by atoms with van der Waals surface area (Å²) < 4.78 is 10.2. The van der Waals surface area contributed by atoms with Gasteiger partial charge < -0.3 is 15.0 Å². The lowest BCUT2D eigenvalue weighted by molar-refractivity contribution is 0.176. The third-order valence-electron chi connectivity index (χ3n) is 2.81. The van der Waals surface area contributed by atoms with E-state index in [4.69, 9.17) is 15.0 Å². The van der Waals surface area contributed by atoms with Gasteiger partial charge in [-0.2, -0.15) is 4.98 Å². The Hall–Kier alpha value is -1.79. The molecule has 19 heavy (non-hydrogen) atoms. The summed E-state index contributed by atoms with van der Waals surface area (Å²) in [6.45, 7) is 2.53. The molecule has 0 saturated carbocycles. The summed E-state index contributed by atoms with van der Waals surface area (Å²) in [4.78, 5) is 8.47. The van der Waals surface area contributed by atoms with Gasteiger partial charge in [-0.3, -0.25) is 4.98 Å². The van der Waals surface area contributed by atoms with Gasteiger partial charge in [-0.05, 0) is 18.1 Å². The molecular weight excluding hydrogens is 244 g/mol. The highest BCUT2D eigenvalue weighted by Gasteiger charge is 2.14. The monoisotopic (exact) mass is 262 g/mol. The van der Waals surface area contributed by atoms with Crippen molar-refractivity contribution >= 4 is 0 Å². The van der Waals surface area contributed by atoms with Gasteiger partial charge >= 0.3 is 0 Å². The van der Waals surface area contributed by atoms with Crippen LogP contribution < -0.4 is 5.73 Å². The fourth-order valence-corrected chi connectivity index (χ4v) is 1.87. The molecule has 0 aromatic carbocycles. The van der Waals surface area contributed by atoms with E-state index in [1.165, 1.54) is 0 Å². The van der Waals surface area contributed by atoms with Crippen LogP contribution >= 0.6 is 0 Å². The SMILES string of the molecule is CCc1cnccc1-c1noc(CC(N)COC)n1. The lowest BCUT2D eigenvalue weighted by atomic mass is 10.1. The highest BCUT2D eigenvalue weighted by molar-refractivity contribution is 5.58. The Labute approximate surface area is 112 Å². The minimum atomic E-state index is -0.138. The molecule has 0 aliphatic carbocycles. The van der Waals surface area contributed by atoms with E-state index in [1.54, 1.807) is 13.3 Å². The second kappa shape index (κ2) is 6.40. The van der Waals surface area contributed by atoms with Gasteiger partial charge in [-0.25, -0.2) is 0 Å². The molecule has 0 radical (unpaired) electrons. The first-order valence-electron chi connectivity index (χ1n) is 6.25. The van der Waals surface area contributed by atoms with Crippen LogP contribution in [0.15, 0.2) is 23.0 Å². The van der Waals surface area contributed by atoms with Crippen molar-refractivity contribution in [2.45, 2.75) is 25.8 Å². The number of nitrogens with two attached hydrogens (primary N) is 1. The fraction of sp³-hybridized carbons (Fsp3) is 0.462. The van der Waals surface area contributed by atoms with Gasteiger partial charge in [-0.1, -0.05) is 12.1 Å². The van der Waals surface area contributed by atoms with Crippen LogP contribution in [0.25, 0.3) is 11.4 Å². The maximum atomic E-state index is 5.86. The molecule has 0 amide bonds. The van der Waals surface area contributed by atoms with Crippen LogP contribution in [0.1, 0.15) is 18.4 Å². The Bertz CT molecular complexity index is 527. The molecule has 0 aliphatic rings. The van der Waals surface area contributed by atoms with Crippen LogP contribution in [-0.4, -0.2) is 34.9 Å². The molecular formula is C13H18N4O2. The number of hydrogen-bond acceptors (Lipinski definition) is 6. The van der Waals surface area contributed by atoms with Crippen molar-refractivity contribution in [3.63, 3.8) is 0 Å². The number of ether oxygens (including phenoxy) is 1. The van der Waals surface area contributed by atoms with Gasteiger partial charge in [0.05, 0.1) is 6.61 Å². The molecule has 2 aromatic heterocycles. The van der Waals surface area contributed by atoms with Crippen LogP contribution in [0.2, 0.25) is 0 Å². The predicted octanol–water partition coefficient (Wildman–Crippen LogP) is 1.21. The summed E-state index contributed by atoms with van der Waals surface area (Å²) in [6.07, 6.45) is 4.92. The van der Waals surface area contributed by atoms with Gasteiger partial charge in [0.25, 0.3) is 0 Å². The molecule has 102 valence electrons. The molecule has 2 heterocycles. The zero-order chi connectivity index (χ0) is 13.7. The number of methoxy groups -OCH3 is 1. The third kappa shape index (κ3) is 3.36. The summed E-state index contributed by atoms with van der Waals surface area (Å²) in [6, 6.07) is 1.75. The van der Waals surface area contributed by atoms with E-state index in [9.17, 15) is 0 Å². The largest absolute Gasteiger partial charge is 0.383 e. The van der Waals surface area contributed by atoms with Crippen LogP contribution in [0.5, 0.6) is 0 Å². The van der Waals surface area contributed by atoms with Crippen molar-refractivity contribution in [1.29, 1.82) is 0 Å². The second-order valence-electron chi connectivity index (χ2n) is 4.32. The number of aryl methyl sites for hydroxylation is 1. The van der Waals surface area contributed by atoms with E-state index in [0.717, 1.165) is 17.5 Å². The van der Waals surface area contributed by atoms with Gasteiger partial charge in [0.1, 0.15) is 0 Å². The standard InChI is InChI=1S/C13H18N4O2/c1-3-9-7-15-5-4-11(9)13-16-12(19-17-13)6-10(14)8-18-2/h4-5,7,10H,3,6,8,14H2,1-2H3. The van der Waals surface area contributed by atoms with Crippen LogP contribution in [-0.2, 0) is 17.6 Å². The van der Waals surface area contributed by atoms with Crippen molar-refractivity contribution in [3.8, 4) is 11.4 Å². The normalized spacial score (nSPS) is 12.6. The summed E-state index contributed by atoms with van der Waals surface area (Å²) >= 11 is 0. The highest BCUT2D eigenvalue weighted by atomic mass is 16.5. The van der Waals surface area contributed by atoms with E-state index in [0.29, 0.717) is 24.7 Å². The second-order valence-corrected chi connectivity index (χ2v) is 4.32. The number of aromatic nitrogens is 3. The van der Waals surface area contributed by atoms with E-state index >= 15 is 0 Å². The quantitative estimate of drug-likeness (QED) is 0.842. The lowest BCUT2D eigenvalue weighted by Gasteiger charge is -2.05. The molecule has 0 aliphatic heterocycles. The molecule has 2 aromatic rings. The maximum absolute atomic E-state index is 5.86. The Kier molecular flexibility index (Phi) is 4.59. The first kappa shape index (κ1) is 13.6. The maximum Gasteiger partial charge on any atom is 0.228 e. The molecule has 0 spiro atoms. The van der Waals surface area contributed by atoms with Crippen molar-refractivity contribution in [3.05, 3.63) is 29.9 Å². The third-order valence-corrected chi connectivity index (χ3v) is 2.81. The minimum Gasteiger partial charge on any atom is -0.383 e. The molecule has 1 unspecified atom stereocenters. The van der Waals surface area contributed by atoms with E-state index in [-0.39, 0.29) is 6.04 Å². The minimum absolute atomic E-state index is 0.138. The molecule has 0 fully saturated rings. The van der Waals surface area contributed by atoms with E-state index in [1.807, 2.05) is 12.3 Å². The lowest BCUT2D eigenvalue weighted by Crippen LogP contribution is -2.28. The predicted molar refractivity (Wildman–Crippen MR) is 70.5 cm³/mol. The van der Waals surface area contributed by atoms with Gasteiger partial charge in [0, 0.05) is 37.5 Å². The summed E-state index contributed by atoms with van der Waals surface area (Å²) in [5.41, 5.74) is 7.90. The van der Waals surface area contributed by atoms with Crippen LogP contribution in [0, 0.1) is 0 Å². The highest BCUT2D eigenvalue weighted by Crippen LogP contribution is 2.20. The average Bonchev–Trinajstić information content (AvgIpc) is 2.87. The molecule has 0 bridgehead atoms. The molecule has 6 heteroatoms. The molecule has 2 N–H and O–H groups in total. The topological polar surface area (TPSA) is 87.1 Å².